The van der Waals surface area contributed by atoms with Gasteiger partial charge in [-0.05, 0) is 41.7 Å². The van der Waals surface area contributed by atoms with Crippen LogP contribution in [0, 0.1) is 0 Å². The summed E-state index contributed by atoms with van der Waals surface area (Å²) in [4.78, 5) is 11.5. The van der Waals surface area contributed by atoms with Gasteiger partial charge in [0.05, 0.1) is 11.5 Å². The fourth-order valence-corrected chi connectivity index (χ4v) is 2.40. The lowest BCUT2D eigenvalue weighted by molar-refractivity contribution is -0.139. The number of carboxylic acid groups (broad SMARTS) is 1. The highest BCUT2D eigenvalue weighted by molar-refractivity contribution is 5.76. The number of aryl methyl sites for hydroxylation is 1. The molecule has 0 heterocycles. The summed E-state index contributed by atoms with van der Waals surface area (Å²) >= 11 is 0. The maximum absolute atomic E-state index is 12.6. The third kappa shape index (κ3) is 4.34. The Kier molecular flexibility index (Phi) is 5.08. The molecular formula is C18H17F3O2. The predicted octanol–water partition coefficient (Wildman–Crippen LogP) is 4.68. The molecule has 0 aliphatic rings. The number of carbonyl (C=O) groups is 1. The first kappa shape index (κ1) is 17.1. The Bertz CT molecular complexity index is 658. The van der Waals surface area contributed by atoms with E-state index in [-0.39, 0.29) is 6.42 Å². The van der Waals surface area contributed by atoms with Crippen molar-refractivity contribution in [3.05, 3.63) is 70.8 Å². The fraction of sp³-hybridized carbons (Fsp3) is 0.278. The Balaban J connectivity index is 2.20. The van der Waals surface area contributed by atoms with Gasteiger partial charge in [-0.3, -0.25) is 4.79 Å². The zero-order chi connectivity index (χ0) is 17.0. The van der Waals surface area contributed by atoms with Crippen molar-refractivity contribution in [3.63, 3.8) is 0 Å². The Morgan fingerprint density at radius 1 is 1.00 bits per heavy atom. The van der Waals surface area contributed by atoms with E-state index in [1.54, 1.807) is 12.1 Å². The summed E-state index contributed by atoms with van der Waals surface area (Å²) in [7, 11) is 0. The summed E-state index contributed by atoms with van der Waals surface area (Å²) < 4.78 is 37.7. The lowest BCUT2D eigenvalue weighted by Gasteiger charge is -2.14. The molecule has 23 heavy (non-hydrogen) atoms. The van der Waals surface area contributed by atoms with Crippen molar-refractivity contribution in [1.82, 2.24) is 0 Å². The normalized spacial score (nSPS) is 12.9. The van der Waals surface area contributed by atoms with Gasteiger partial charge in [0.15, 0.2) is 0 Å². The van der Waals surface area contributed by atoms with Crippen LogP contribution in [0.1, 0.15) is 35.1 Å². The van der Waals surface area contributed by atoms with Gasteiger partial charge in [0.2, 0.25) is 0 Å². The molecule has 0 aliphatic heterocycles. The van der Waals surface area contributed by atoms with E-state index in [1.165, 1.54) is 12.1 Å². The zero-order valence-corrected chi connectivity index (χ0v) is 12.6. The highest BCUT2D eigenvalue weighted by atomic mass is 19.4. The van der Waals surface area contributed by atoms with Crippen molar-refractivity contribution in [2.24, 2.45) is 0 Å². The van der Waals surface area contributed by atoms with Gasteiger partial charge in [-0.25, -0.2) is 0 Å². The molecule has 0 radical (unpaired) electrons. The average Bonchev–Trinajstić information content (AvgIpc) is 2.52. The number of hydrogen-bond donors (Lipinski definition) is 1. The van der Waals surface area contributed by atoms with Crippen LogP contribution in [0.25, 0.3) is 0 Å². The molecule has 0 bridgehead atoms. The first-order valence-corrected chi connectivity index (χ1v) is 7.29. The Hall–Kier alpha value is -2.30. The molecule has 0 fully saturated rings. The fourth-order valence-electron chi connectivity index (χ4n) is 2.40. The largest absolute Gasteiger partial charge is 0.481 e. The topological polar surface area (TPSA) is 37.3 Å². The van der Waals surface area contributed by atoms with Crippen LogP contribution in [0.2, 0.25) is 0 Å². The van der Waals surface area contributed by atoms with Gasteiger partial charge >= 0.3 is 12.1 Å². The van der Waals surface area contributed by atoms with Gasteiger partial charge in [0, 0.05) is 0 Å². The smallest absolute Gasteiger partial charge is 0.416 e. The molecule has 0 amide bonds. The van der Waals surface area contributed by atoms with Gasteiger partial charge in [-0.1, -0.05) is 43.3 Å². The van der Waals surface area contributed by atoms with Gasteiger partial charge in [0.25, 0.3) is 0 Å². The number of hydrogen-bond acceptors (Lipinski definition) is 1. The minimum Gasteiger partial charge on any atom is -0.481 e. The van der Waals surface area contributed by atoms with Crippen molar-refractivity contribution in [1.29, 1.82) is 0 Å². The summed E-state index contributed by atoms with van der Waals surface area (Å²) in [5.41, 5.74) is 1.58. The van der Waals surface area contributed by atoms with E-state index in [2.05, 4.69) is 0 Å². The van der Waals surface area contributed by atoms with E-state index in [0.29, 0.717) is 11.1 Å². The van der Waals surface area contributed by atoms with Crippen LogP contribution < -0.4 is 0 Å². The predicted molar refractivity (Wildman–Crippen MR) is 81.3 cm³/mol. The van der Waals surface area contributed by atoms with Crippen molar-refractivity contribution in [2.45, 2.75) is 31.9 Å². The summed E-state index contributed by atoms with van der Waals surface area (Å²) in [6, 6.07) is 11.9. The number of carboxylic acids is 1. The molecule has 0 aromatic heterocycles. The van der Waals surface area contributed by atoms with E-state index in [1.807, 2.05) is 19.1 Å². The summed E-state index contributed by atoms with van der Waals surface area (Å²) in [6.07, 6.45) is -3.38. The Morgan fingerprint density at radius 3 is 1.96 bits per heavy atom. The van der Waals surface area contributed by atoms with Crippen LogP contribution in [0.4, 0.5) is 13.2 Å². The second kappa shape index (κ2) is 6.86. The molecule has 0 saturated carbocycles. The third-order valence-electron chi connectivity index (χ3n) is 3.81. The molecule has 1 N–H and O–H groups in total. The van der Waals surface area contributed by atoms with E-state index < -0.39 is 23.6 Å². The van der Waals surface area contributed by atoms with Gasteiger partial charge < -0.3 is 5.11 Å². The van der Waals surface area contributed by atoms with Gasteiger partial charge in [-0.2, -0.15) is 13.2 Å². The van der Waals surface area contributed by atoms with E-state index in [0.717, 1.165) is 24.1 Å². The van der Waals surface area contributed by atoms with E-state index in [9.17, 15) is 23.1 Å². The van der Waals surface area contributed by atoms with Crippen LogP contribution >= 0.6 is 0 Å². The maximum atomic E-state index is 12.6. The molecule has 1 atom stereocenters. The molecule has 1 unspecified atom stereocenters. The lowest BCUT2D eigenvalue weighted by Crippen LogP contribution is -2.14. The maximum Gasteiger partial charge on any atom is 0.416 e. The second-order valence-corrected chi connectivity index (χ2v) is 5.38. The molecule has 2 nitrogen and oxygen atoms in total. The Labute approximate surface area is 132 Å². The quantitative estimate of drug-likeness (QED) is 0.868. The van der Waals surface area contributed by atoms with Crippen LogP contribution in [-0.4, -0.2) is 11.1 Å². The molecule has 0 saturated heterocycles. The van der Waals surface area contributed by atoms with E-state index >= 15 is 0 Å². The second-order valence-electron chi connectivity index (χ2n) is 5.38. The molecule has 2 aromatic rings. The number of rotatable bonds is 5. The summed E-state index contributed by atoms with van der Waals surface area (Å²) in [6.45, 7) is 2.01. The monoisotopic (exact) mass is 322 g/mol. The SMILES string of the molecule is CCc1ccc(C(Cc2ccc(C(F)(F)F)cc2)C(=O)O)cc1. The lowest BCUT2D eigenvalue weighted by atomic mass is 9.91. The summed E-state index contributed by atoms with van der Waals surface area (Å²) in [5.74, 6) is -1.77. The molecule has 0 aliphatic carbocycles. The number of benzene rings is 2. The van der Waals surface area contributed by atoms with Crippen LogP contribution in [0.5, 0.6) is 0 Å². The van der Waals surface area contributed by atoms with Crippen molar-refractivity contribution < 1.29 is 23.1 Å². The number of aliphatic carboxylic acids is 1. The average molecular weight is 322 g/mol. The number of halogens is 3. The molecule has 2 aromatic carbocycles. The summed E-state index contributed by atoms with van der Waals surface area (Å²) in [5, 5.41) is 9.42. The van der Waals surface area contributed by atoms with Gasteiger partial charge in [-0.15, -0.1) is 0 Å². The first-order chi connectivity index (χ1) is 10.8. The minimum absolute atomic E-state index is 0.152. The Morgan fingerprint density at radius 2 is 1.52 bits per heavy atom. The third-order valence-corrected chi connectivity index (χ3v) is 3.81. The number of alkyl halides is 3. The molecular weight excluding hydrogens is 305 g/mol. The highest BCUT2D eigenvalue weighted by Crippen LogP contribution is 2.30. The van der Waals surface area contributed by atoms with Crippen molar-refractivity contribution >= 4 is 5.97 Å². The van der Waals surface area contributed by atoms with Crippen LogP contribution in [0.15, 0.2) is 48.5 Å². The molecule has 2 rings (SSSR count). The minimum atomic E-state index is -4.39. The molecule has 122 valence electrons. The van der Waals surface area contributed by atoms with Crippen molar-refractivity contribution in [3.8, 4) is 0 Å². The van der Waals surface area contributed by atoms with E-state index in [4.69, 9.17) is 0 Å². The zero-order valence-electron chi connectivity index (χ0n) is 12.6. The molecule has 0 spiro atoms. The first-order valence-electron chi connectivity index (χ1n) is 7.29. The van der Waals surface area contributed by atoms with Crippen LogP contribution in [-0.2, 0) is 23.8 Å². The standard InChI is InChI=1S/C18H17F3O2/c1-2-12-3-7-14(8-4-12)16(17(22)23)11-13-5-9-15(10-6-13)18(19,20)21/h3-10,16H,2,11H2,1H3,(H,22,23). The van der Waals surface area contributed by atoms with Crippen molar-refractivity contribution in [2.75, 3.05) is 0 Å². The van der Waals surface area contributed by atoms with Crippen LogP contribution in [0.3, 0.4) is 0 Å². The highest BCUT2D eigenvalue weighted by Gasteiger charge is 2.30. The van der Waals surface area contributed by atoms with Gasteiger partial charge in [0.1, 0.15) is 0 Å². The molecule has 5 heteroatoms.